The number of para-hydroxylation sites is 2. The molecule has 1 fully saturated rings. The van der Waals surface area contributed by atoms with E-state index in [2.05, 4.69) is 10.2 Å². The van der Waals surface area contributed by atoms with Gasteiger partial charge < -0.3 is 9.73 Å². The molecule has 30 heavy (non-hydrogen) atoms. The van der Waals surface area contributed by atoms with Crippen LogP contribution in [0.15, 0.2) is 51.9 Å². The molecule has 1 amide bonds. The number of carbonyl (C=O) groups is 1. The van der Waals surface area contributed by atoms with Gasteiger partial charge in [0, 0.05) is 26.1 Å². The Morgan fingerprint density at radius 3 is 2.47 bits per heavy atom. The predicted octanol–water partition coefficient (Wildman–Crippen LogP) is 3.15. The molecule has 7 nitrogen and oxygen atoms in total. The van der Waals surface area contributed by atoms with Crippen molar-refractivity contribution in [1.82, 2.24) is 19.4 Å². The summed E-state index contributed by atoms with van der Waals surface area (Å²) >= 11 is 0. The van der Waals surface area contributed by atoms with Crippen molar-refractivity contribution in [2.75, 3.05) is 19.6 Å². The summed E-state index contributed by atoms with van der Waals surface area (Å²) in [4.78, 5) is 27.7. The van der Waals surface area contributed by atoms with E-state index in [1.54, 1.807) is 15.4 Å². The molecular formula is C23H30N4O3. The highest BCUT2D eigenvalue weighted by atomic mass is 16.3. The summed E-state index contributed by atoms with van der Waals surface area (Å²) in [7, 11) is 0. The zero-order chi connectivity index (χ0) is 20.9. The third kappa shape index (κ3) is 4.21. The molecule has 4 rings (SSSR count). The van der Waals surface area contributed by atoms with E-state index in [4.69, 9.17) is 4.42 Å². The summed E-state index contributed by atoms with van der Waals surface area (Å²) in [5.74, 6) is 0.836. The lowest BCUT2D eigenvalue weighted by Gasteiger charge is -2.33. The van der Waals surface area contributed by atoms with E-state index in [9.17, 15) is 9.59 Å². The molecule has 0 aliphatic carbocycles. The number of piperidine rings is 1. The van der Waals surface area contributed by atoms with Crippen LogP contribution in [0.4, 0.5) is 0 Å². The minimum Gasteiger partial charge on any atom is -0.468 e. The molecule has 3 aromatic rings. The molecule has 1 aliphatic rings. The van der Waals surface area contributed by atoms with Crippen molar-refractivity contribution >= 4 is 16.9 Å². The second-order valence-electron chi connectivity index (χ2n) is 7.85. The fraction of sp³-hybridized carbons (Fsp3) is 0.478. The lowest BCUT2D eigenvalue weighted by atomic mass is 10.1. The van der Waals surface area contributed by atoms with Crippen LogP contribution in [0.1, 0.15) is 44.4 Å². The number of furan rings is 1. The largest absolute Gasteiger partial charge is 0.468 e. The molecular weight excluding hydrogens is 380 g/mol. The molecule has 0 spiro atoms. The summed E-state index contributed by atoms with van der Waals surface area (Å²) in [6, 6.07) is 11.7. The normalized spacial score (nSPS) is 16.0. The third-order valence-electron chi connectivity index (χ3n) is 6.00. The molecule has 0 saturated carbocycles. The molecule has 1 N–H and O–H groups in total. The van der Waals surface area contributed by atoms with E-state index in [0.29, 0.717) is 19.6 Å². The summed E-state index contributed by atoms with van der Waals surface area (Å²) < 4.78 is 9.10. The van der Waals surface area contributed by atoms with Crippen LogP contribution in [0.5, 0.6) is 0 Å². The topological polar surface area (TPSA) is 72.4 Å². The molecule has 1 saturated heterocycles. The van der Waals surface area contributed by atoms with Crippen molar-refractivity contribution in [1.29, 1.82) is 0 Å². The lowest BCUT2D eigenvalue weighted by Crippen LogP contribution is -2.40. The first kappa shape index (κ1) is 20.5. The summed E-state index contributed by atoms with van der Waals surface area (Å²) in [6.45, 7) is 5.49. The number of nitrogens with zero attached hydrogens (tertiary/aromatic N) is 3. The Bertz CT molecular complexity index is 1030. The average Bonchev–Trinajstić information content (AvgIpc) is 3.39. The van der Waals surface area contributed by atoms with Gasteiger partial charge in [-0.1, -0.05) is 18.6 Å². The maximum atomic E-state index is 12.7. The van der Waals surface area contributed by atoms with Crippen LogP contribution in [0.25, 0.3) is 11.0 Å². The summed E-state index contributed by atoms with van der Waals surface area (Å²) in [5, 5.41) is 3.06. The van der Waals surface area contributed by atoms with Crippen molar-refractivity contribution in [2.24, 2.45) is 0 Å². The molecule has 1 atom stereocenters. The number of rotatable bonds is 8. The number of benzene rings is 1. The first-order chi connectivity index (χ1) is 14.7. The lowest BCUT2D eigenvalue weighted by molar-refractivity contribution is -0.121. The second kappa shape index (κ2) is 9.34. The van der Waals surface area contributed by atoms with Gasteiger partial charge in [-0.2, -0.15) is 0 Å². The van der Waals surface area contributed by atoms with Crippen LogP contribution in [-0.2, 0) is 17.9 Å². The monoisotopic (exact) mass is 410 g/mol. The Labute approximate surface area is 176 Å². The first-order valence-electron chi connectivity index (χ1n) is 10.9. The van der Waals surface area contributed by atoms with E-state index in [-0.39, 0.29) is 24.1 Å². The smallest absolute Gasteiger partial charge is 0.329 e. The van der Waals surface area contributed by atoms with E-state index in [0.717, 1.165) is 29.9 Å². The zero-order valence-corrected chi connectivity index (χ0v) is 17.5. The Balaban J connectivity index is 1.41. The van der Waals surface area contributed by atoms with E-state index in [1.807, 2.05) is 43.3 Å². The summed E-state index contributed by atoms with van der Waals surface area (Å²) in [5.41, 5.74) is 1.72. The highest BCUT2D eigenvalue weighted by Crippen LogP contribution is 2.24. The number of amides is 1. The molecule has 0 radical (unpaired) electrons. The maximum absolute atomic E-state index is 12.7. The number of nitrogens with one attached hydrogen (secondary N) is 1. The fourth-order valence-corrected chi connectivity index (χ4v) is 4.43. The standard InChI is InChI=1S/C23H30N4O3/c1-2-26-18-9-4-5-10-19(18)27(23(26)29)15-12-22(28)24-17-20(21-11-8-16-30-21)25-13-6-3-7-14-25/h4-5,8-11,16,20H,2-3,6-7,12-15,17H2,1H3,(H,24,28). The minimum atomic E-state index is -0.0618. The first-order valence-corrected chi connectivity index (χ1v) is 10.9. The van der Waals surface area contributed by atoms with Gasteiger partial charge in [0.2, 0.25) is 5.91 Å². The van der Waals surface area contributed by atoms with E-state index in [1.165, 1.54) is 19.3 Å². The molecule has 3 heterocycles. The Kier molecular flexibility index (Phi) is 6.38. The number of aryl methyl sites for hydroxylation is 2. The molecule has 1 aliphatic heterocycles. The van der Waals surface area contributed by atoms with Gasteiger partial charge in [0.25, 0.3) is 0 Å². The highest BCUT2D eigenvalue weighted by Gasteiger charge is 2.25. The Morgan fingerprint density at radius 1 is 1.07 bits per heavy atom. The van der Waals surface area contributed by atoms with Gasteiger partial charge in [0.05, 0.1) is 23.3 Å². The number of imidazole rings is 1. The van der Waals surface area contributed by atoms with Crippen LogP contribution in [0, 0.1) is 0 Å². The van der Waals surface area contributed by atoms with E-state index >= 15 is 0 Å². The van der Waals surface area contributed by atoms with Gasteiger partial charge in [-0.25, -0.2) is 4.79 Å². The SMILES string of the molecule is CCn1c(=O)n(CCC(=O)NCC(c2ccco2)N2CCCCC2)c2ccccc21. The third-order valence-corrected chi connectivity index (χ3v) is 6.00. The van der Waals surface area contributed by atoms with Gasteiger partial charge in [-0.3, -0.25) is 18.8 Å². The number of aromatic nitrogens is 2. The van der Waals surface area contributed by atoms with Gasteiger partial charge in [-0.05, 0) is 57.1 Å². The van der Waals surface area contributed by atoms with Crippen molar-refractivity contribution in [3.8, 4) is 0 Å². The highest BCUT2D eigenvalue weighted by molar-refractivity contribution is 5.78. The maximum Gasteiger partial charge on any atom is 0.329 e. The van der Waals surface area contributed by atoms with Crippen molar-refractivity contribution in [3.63, 3.8) is 0 Å². The number of hydrogen-bond acceptors (Lipinski definition) is 4. The van der Waals surface area contributed by atoms with Gasteiger partial charge in [0.1, 0.15) is 5.76 Å². The molecule has 2 aromatic heterocycles. The molecule has 160 valence electrons. The number of likely N-dealkylation sites (tertiary alicyclic amines) is 1. The van der Waals surface area contributed by atoms with Crippen LogP contribution < -0.4 is 11.0 Å². The van der Waals surface area contributed by atoms with Gasteiger partial charge in [0.15, 0.2) is 0 Å². The average molecular weight is 411 g/mol. The fourth-order valence-electron chi connectivity index (χ4n) is 4.43. The molecule has 0 bridgehead atoms. The van der Waals surface area contributed by atoms with Gasteiger partial charge in [-0.15, -0.1) is 0 Å². The van der Waals surface area contributed by atoms with Crippen molar-refractivity contribution in [3.05, 3.63) is 58.9 Å². The van der Waals surface area contributed by atoms with Crippen LogP contribution in [-0.4, -0.2) is 39.6 Å². The minimum absolute atomic E-state index is 0.0500. The zero-order valence-electron chi connectivity index (χ0n) is 17.5. The Morgan fingerprint density at radius 2 is 1.80 bits per heavy atom. The predicted molar refractivity (Wildman–Crippen MR) is 116 cm³/mol. The Hall–Kier alpha value is -2.80. The number of carbonyl (C=O) groups excluding carboxylic acids is 1. The van der Waals surface area contributed by atoms with Crippen LogP contribution in [0.3, 0.4) is 0 Å². The van der Waals surface area contributed by atoms with Gasteiger partial charge >= 0.3 is 5.69 Å². The summed E-state index contributed by atoms with van der Waals surface area (Å²) in [6.07, 6.45) is 5.56. The van der Waals surface area contributed by atoms with Crippen LogP contribution in [0.2, 0.25) is 0 Å². The van der Waals surface area contributed by atoms with Crippen molar-refractivity contribution < 1.29 is 9.21 Å². The quantitative estimate of drug-likeness (QED) is 0.619. The van der Waals surface area contributed by atoms with Crippen LogP contribution >= 0.6 is 0 Å². The molecule has 7 heteroatoms. The second-order valence-corrected chi connectivity index (χ2v) is 7.85. The molecule has 1 aromatic carbocycles. The van der Waals surface area contributed by atoms with Crippen molar-refractivity contribution in [2.45, 2.75) is 51.7 Å². The molecule has 1 unspecified atom stereocenters. The number of hydrogen-bond donors (Lipinski definition) is 1. The van der Waals surface area contributed by atoms with E-state index < -0.39 is 0 Å². The number of fused-ring (bicyclic) bond motifs is 1.